The first-order valence-corrected chi connectivity index (χ1v) is 7.51. The summed E-state index contributed by atoms with van der Waals surface area (Å²) in [5, 5.41) is 0. The van der Waals surface area contributed by atoms with Gasteiger partial charge in [-0.3, -0.25) is 0 Å². The molecule has 2 N–H and O–H groups in total. The number of benzene rings is 1. The Morgan fingerprint density at radius 1 is 1.35 bits per heavy atom. The van der Waals surface area contributed by atoms with Gasteiger partial charge in [0.25, 0.3) is 0 Å². The lowest BCUT2D eigenvalue weighted by Crippen LogP contribution is -2.17. The van der Waals surface area contributed by atoms with E-state index in [9.17, 15) is 0 Å². The van der Waals surface area contributed by atoms with E-state index in [1.807, 2.05) is 6.92 Å². The minimum atomic E-state index is 0.173. The molecule has 1 fully saturated rings. The van der Waals surface area contributed by atoms with Crippen molar-refractivity contribution in [3.63, 3.8) is 0 Å². The van der Waals surface area contributed by atoms with Crippen molar-refractivity contribution in [3.8, 4) is 5.75 Å². The van der Waals surface area contributed by atoms with Crippen LogP contribution < -0.4 is 10.5 Å². The van der Waals surface area contributed by atoms with E-state index in [4.69, 9.17) is 10.5 Å². The Morgan fingerprint density at radius 3 is 2.41 bits per heavy atom. The average molecular weight is 363 g/mol. The van der Waals surface area contributed by atoms with Crippen molar-refractivity contribution in [1.82, 2.24) is 0 Å². The first kappa shape index (κ1) is 13.4. The van der Waals surface area contributed by atoms with E-state index in [0.29, 0.717) is 0 Å². The van der Waals surface area contributed by atoms with Gasteiger partial charge in [0, 0.05) is 6.04 Å². The average Bonchev–Trinajstić information content (AvgIpc) is 2.98. The lowest BCUT2D eigenvalue weighted by Gasteiger charge is -2.13. The number of halogens is 2. The summed E-state index contributed by atoms with van der Waals surface area (Å²) in [6.07, 6.45) is 3.48. The number of hydrogen-bond acceptors (Lipinski definition) is 2. The van der Waals surface area contributed by atoms with Crippen LogP contribution in [-0.2, 0) is 6.42 Å². The highest BCUT2D eigenvalue weighted by molar-refractivity contribution is 9.11. The Morgan fingerprint density at radius 2 is 1.94 bits per heavy atom. The molecule has 0 aliphatic heterocycles. The van der Waals surface area contributed by atoms with Crippen LogP contribution in [0.1, 0.15) is 25.3 Å². The monoisotopic (exact) mass is 361 g/mol. The van der Waals surface area contributed by atoms with E-state index in [-0.39, 0.29) is 6.04 Å². The summed E-state index contributed by atoms with van der Waals surface area (Å²) in [4.78, 5) is 0. The molecule has 1 aromatic rings. The molecule has 4 heteroatoms. The lowest BCUT2D eigenvalue weighted by atomic mass is 10.1. The fourth-order valence-corrected chi connectivity index (χ4v) is 3.24. The highest BCUT2D eigenvalue weighted by Crippen LogP contribution is 2.37. The Labute approximate surface area is 119 Å². The maximum Gasteiger partial charge on any atom is 0.147 e. The van der Waals surface area contributed by atoms with Crippen molar-refractivity contribution in [1.29, 1.82) is 0 Å². The summed E-state index contributed by atoms with van der Waals surface area (Å²) in [5.74, 6) is 1.67. The predicted molar refractivity (Wildman–Crippen MR) is 77.4 cm³/mol. The summed E-state index contributed by atoms with van der Waals surface area (Å²) in [5.41, 5.74) is 7.03. The van der Waals surface area contributed by atoms with Gasteiger partial charge < -0.3 is 10.5 Å². The first-order chi connectivity index (χ1) is 8.06. The molecular weight excluding hydrogens is 346 g/mol. The van der Waals surface area contributed by atoms with Crippen LogP contribution in [0.3, 0.4) is 0 Å². The quantitative estimate of drug-likeness (QED) is 0.862. The van der Waals surface area contributed by atoms with Crippen molar-refractivity contribution >= 4 is 31.9 Å². The van der Waals surface area contributed by atoms with Gasteiger partial charge >= 0.3 is 0 Å². The highest BCUT2D eigenvalue weighted by Gasteiger charge is 2.23. The molecule has 1 unspecified atom stereocenters. The van der Waals surface area contributed by atoms with Crippen LogP contribution in [-0.4, -0.2) is 12.6 Å². The second kappa shape index (κ2) is 5.72. The predicted octanol–water partition coefficient (Wildman–Crippen LogP) is 3.89. The molecule has 1 saturated carbocycles. The minimum absolute atomic E-state index is 0.173. The fourth-order valence-electron chi connectivity index (χ4n) is 1.73. The summed E-state index contributed by atoms with van der Waals surface area (Å²) in [6, 6.07) is 4.36. The van der Waals surface area contributed by atoms with Crippen LogP contribution in [0.2, 0.25) is 0 Å². The van der Waals surface area contributed by atoms with Crippen molar-refractivity contribution in [2.24, 2.45) is 11.7 Å². The maximum absolute atomic E-state index is 5.83. The Hall–Kier alpha value is -0.0600. The van der Waals surface area contributed by atoms with Crippen molar-refractivity contribution in [2.75, 3.05) is 6.61 Å². The van der Waals surface area contributed by atoms with Gasteiger partial charge in [-0.25, -0.2) is 0 Å². The zero-order valence-electron chi connectivity index (χ0n) is 9.88. The maximum atomic E-state index is 5.83. The van der Waals surface area contributed by atoms with E-state index in [0.717, 1.165) is 33.6 Å². The van der Waals surface area contributed by atoms with Gasteiger partial charge in [0.1, 0.15) is 5.75 Å². The topological polar surface area (TPSA) is 35.2 Å². The van der Waals surface area contributed by atoms with Crippen molar-refractivity contribution < 1.29 is 4.74 Å². The Bertz CT molecular complexity index is 379. The number of hydrogen-bond donors (Lipinski definition) is 1. The first-order valence-electron chi connectivity index (χ1n) is 5.92. The smallest absolute Gasteiger partial charge is 0.147 e. The number of ether oxygens (including phenoxy) is 1. The summed E-state index contributed by atoms with van der Waals surface area (Å²) < 4.78 is 7.83. The van der Waals surface area contributed by atoms with Gasteiger partial charge in [-0.2, -0.15) is 0 Å². The molecule has 1 aliphatic carbocycles. The van der Waals surface area contributed by atoms with Crippen LogP contribution in [0.4, 0.5) is 0 Å². The molecule has 94 valence electrons. The third kappa shape index (κ3) is 3.97. The van der Waals surface area contributed by atoms with E-state index in [1.54, 1.807) is 0 Å². The summed E-state index contributed by atoms with van der Waals surface area (Å²) in [6.45, 7) is 2.84. The second-order valence-corrected chi connectivity index (χ2v) is 6.53. The molecule has 0 spiro atoms. The zero-order chi connectivity index (χ0) is 12.4. The molecular formula is C13H17Br2NO. The molecule has 0 radical (unpaired) electrons. The Balaban J connectivity index is 2.09. The molecule has 0 bridgehead atoms. The molecule has 0 saturated heterocycles. The molecule has 1 atom stereocenters. The van der Waals surface area contributed by atoms with Crippen LogP contribution in [0, 0.1) is 5.92 Å². The summed E-state index contributed by atoms with van der Waals surface area (Å²) in [7, 11) is 0. The molecule has 0 aromatic heterocycles. The van der Waals surface area contributed by atoms with E-state index in [2.05, 4.69) is 44.0 Å². The third-order valence-electron chi connectivity index (χ3n) is 2.78. The molecule has 17 heavy (non-hydrogen) atoms. The number of nitrogens with two attached hydrogens (primary N) is 1. The van der Waals surface area contributed by atoms with Gasteiger partial charge in [-0.1, -0.05) is 0 Å². The van der Waals surface area contributed by atoms with Crippen molar-refractivity contribution in [3.05, 3.63) is 26.6 Å². The highest BCUT2D eigenvalue weighted by atomic mass is 79.9. The molecule has 0 amide bonds. The van der Waals surface area contributed by atoms with E-state index < -0.39 is 0 Å². The van der Waals surface area contributed by atoms with Crippen molar-refractivity contribution in [2.45, 2.75) is 32.2 Å². The Kier molecular flexibility index (Phi) is 4.50. The molecule has 0 heterocycles. The largest absolute Gasteiger partial charge is 0.491 e. The molecule has 2 rings (SSSR count). The van der Waals surface area contributed by atoms with Gasteiger partial charge in [0.05, 0.1) is 15.6 Å². The minimum Gasteiger partial charge on any atom is -0.491 e. The van der Waals surface area contributed by atoms with E-state index >= 15 is 0 Å². The standard InChI is InChI=1S/C13H17Br2NO/c1-8(16)4-10-5-11(14)13(12(15)6-10)17-7-9-2-3-9/h5-6,8-9H,2-4,7,16H2,1H3. The van der Waals surface area contributed by atoms with Crippen LogP contribution >= 0.6 is 31.9 Å². The van der Waals surface area contributed by atoms with Gasteiger partial charge in [0.2, 0.25) is 0 Å². The SMILES string of the molecule is CC(N)Cc1cc(Br)c(OCC2CC2)c(Br)c1. The number of rotatable bonds is 5. The second-order valence-electron chi connectivity index (χ2n) is 4.82. The van der Waals surface area contributed by atoms with E-state index in [1.165, 1.54) is 18.4 Å². The van der Waals surface area contributed by atoms with Crippen LogP contribution in [0.25, 0.3) is 0 Å². The fraction of sp³-hybridized carbons (Fsp3) is 0.538. The third-order valence-corrected chi connectivity index (χ3v) is 3.95. The van der Waals surface area contributed by atoms with Crippen LogP contribution in [0.15, 0.2) is 21.1 Å². The summed E-state index contributed by atoms with van der Waals surface area (Å²) >= 11 is 7.13. The molecule has 1 aliphatic rings. The molecule has 2 nitrogen and oxygen atoms in total. The van der Waals surface area contributed by atoms with Gasteiger partial charge in [0.15, 0.2) is 0 Å². The van der Waals surface area contributed by atoms with Crippen LogP contribution in [0.5, 0.6) is 5.75 Å². The van der Waals surface area contributed by atoms with Gasteiger partial charge in [-0.15, -0.1) is 0 Å². The normalized spacial score (nSPS) is 16.9. The van der Waals surface area contributed by atoms with Gasteiger partial charge in [-0.05, 0) is 81.7 Å². The zero-order valence-corrected chi connectivity index (χ0v) is 13.1. The molecule has 1 aromatic carbocycles. The lowest BCUT2D eigenvalue weighted by molar-refractivity contribution is 0.296.